The van der Waals surface area contributed by atoms with Crippen LogP contribution in [-0.2, 0) is 67.1 Å². The van der Waals surface area contributed by atoms with Crippen molar-refractivity contribution in [2.45, 2.75) is 54.5 Å². The van der Waals surface area contributed by atoms with Crippen LogP contribution >= 0.6 is 13.4 Å². The molecule has 6 aromatic rings. The number of fused-ring (bicyclic) bond motifs is 2. The average Bonchev–Trinajstić information content (AvgIpc) is 4.13. The summed E-state index contributed by atoms with van der Waals surface area (Å²) >= 11 is 11.2. The van der Waals surface area contributed by atoms with E-state index in [1.54, 1.807) is 63.7 Å². The molecule has 10 atom stereocenters. The Hall–Kier alpha value is -4.42. The van der Waals surface area contributed by atoms with Gasteiger partial charge >= 0.3 is 13.4 Å². The zero-order valence-corrected chi connectivity index (χ0v) is 35.3. The summed E-state index contributed by atoms with van der Waals surface area (Å²) in [5.74, 6) is -0.379. The van der Waals surface area contributed by atoms with Gasteiger partial charge in [-0.2, -0.15) is 0 Å². The van der Waals surface area contributed by atoms with Gasteiger partial charge in [-0.3, -0.25) is 27.8 Å². The van der Waals surface area contributed by atoms with Crippen molar-refractivity contribution in [1.29, 1.82) is 0 Å². The van der Waals surface area contributed by atoms with Crippen molar-refractivity contribution in [3.63, 3.8) is 0 Å². The van der Waals surface area contributed by atoms with E-state index in [9.17, 15) is 19.4 Å². The number of benzene rings is 2. The summed E-state index contributed by atoms with van der Waals surface area (Å²) in [4.78, 5) is 75.9. The van der Waals surface area contributed by atoms with Crippen molar-refractivity contribution in [2.75, 3.05) is 31.7 Å². The molecule has 320 valence electrons. The van der Waals surface area contributed by atoms with Gasteiger partial charge in [-0.25, -0.2) is 29.9 Å². The molecule has 2 aromatic carbocycles. The zero-order chi connectivity index (χ0) is 42.4. The number of Topliss-reactive ketones (excluding diaryl/α,β-unsaturated/α-hetero) is 1. The first kappa shape index (κ1) is 40.4. The lowest BCUT2D eigenvalue weighted by atomic mass is 10.0. The number of ketones is 1. The fraction of sp³-hybridized carbons (Fsp3) is 0.351. The van der Waals surface area contributed by atoms with E-state index in [1.807, 2.05) is 6.07 Å². The van der Waals surface area contributed by atoms with Crippen LogP contribution in [0.2, 0.25) is 0 Å². The van der Waals surface area contributed by atoms with Gasteiger partial charge in [0, 0.05) is 11.1 Å². The summed E-state index contributed by atoms with van der Waals surface area (Å²) in [6.45, 7) is -9.36. The Morgan fingerprint density at radius 2 is 1.21 bits per heavy atom. The van der Waals surface area contributed by atoms with E-state index < -0.39 is 80.6 Å². The maximum Gasteiger partial charge on any atom is 0.325 e. The summed E-state index contributed by atoms with van der Waals surface area (Å²) in [6, 6.07) is 17.5. The molecule has 0 saturated carbocycles. The van der Waals surface area contributed by atoms with Crippen LogP contribution in [0.1, 0.15) is 38.9 Å². The molecule has 3 N–H and O–H groups in total. The molecule has 62 heavy (non-hydrogen) atoms. The molecule has 5 aliphatic rings. The van der Waals surface area contributed by atoms with E-state index >= 15 is 0 Å². The van der Waals surface area contributed by atoms with Gasteiger partial charge in [-0.15, -0.1) is 0 Å². The molecule has 9 heterocycles. The highest BCUT2D eigenvalue weighted by molar-refractivity contribution is 8.07. The lowest BCUT2D eigenvalue weighted by molar-refractivity contribution is -0.187. The quantitative estimate of drug-likeness (QED) is 0.154. The number of aromatic nitrogens is 8. The van der Waals surface area contributed by atoms with Crippen LogP contribution in [0.25, 0.3) is 22.3 Å². The molecule has 0 spiro atoms. The first-order valence-electron chi connectivity index (χ1n) is 19.1. The number of hydrogen-bond acceptors (Lipinski definition) is 18. The van der Waals surface area contributed by atoms with Gasteiger partial charge < -0.3 is 43.1 Å². The predicted molar refractivity (Wildman–Crippen MR) is 219 cm³/mol. The number of hydrogen-bond donors (Lipinski definition) is 3. The summed E-state index contributed by atoms with van der Waals surface area (Å²) in [6.07, 6.45) is -0.516. The number of nitrogens with one attached hydrogen (secondary N) is 1. The fourth-order valence-electron chi connectivity index (χ4n) is 8.47. The number of imidazole rings is 2. The Balaban J connectivity index is 0.859. The number of amides is 1. The van der Waals surface area contributed by atoms with Gasteiger partial charge in [0.25, 0.3) is 5.91 Å². The van der Waals surface area contributed by atoms with E-state index in [0.29, 0.717) is 28.0 Å². The van der Waals surface area contributed by atoms with Crippen LogP contribution in [0.15, 0.2) is 86.0 Å². The molecule has 5 saturated heterocycles. The minimum atomic E-state index is -4.16. The zero-order valence-electron chi connectivity index (χ0n) is 31.8. The Morgan fingerprint density at radius 3 is 1.79 bits per heavy atom. The number of anilines is 1. The normalized spacial score (nSPS) is 34.1. The number of ether oxygens (including phenoxy) is 4. The third kappa shape index (κ3) is 6.84. The first-order chi connectivity index (χ1) is 29.9. The number of rotatable bonds is 7. The van der Waals surface area contributed by atoms with E-state index in [0.717, 1.165) is 0 Å². The van der Waals surface area contributed by atoms with Crippen LogP contribution in [0, 0.1) is 0 Å². The van der Waals surface area contributed by atoms with Crippen molar-refractivity contribution < 1.29 is 56.4 Å². The molecule has 11 rings (SSSR count). The first-order valence-corrected chi connectivity index (χ1v) is 24.3. The minimum absolute atomic E-state index is 0.0250. The highest BCUT2D eigenvalue weighted by Crippen LogP contribution is 2.61. The van der Waals surface area contributed by atoms with Crippen molar-refractivity contribution in [1.82, 2.24) is 39.0 Å². The molecule has 5 fully saturated rings. The molecule has 0 aliphatic carbocycles. The van der Waals surface area contributed by atoms with E-state index in [2.05, 4.69) is 35.2 Å². The van der Waals surface area contributed by atoms with E-state index in [-0.39, 0.29) is 42.4 Å². The van der Waals surface area contributed by atoms with Crippen molar-refractivity contribution >= 4 is 76.9 Å². The monoisotopic (exact) mass is 921 g/mol. The van der Waals surface area contributed by atoms with Crippen LogP contribution < -0.4 is 5.32 Å². The number of carbonyl (C=O) groups is 2. The third-order valence-corrected chi connectivity index (χ3v) is 14.5. The van der Waals surface area contributed by atoms with Crippen LogP contribution in [0.5, 0.6) is 0 Å². The van der Waals surface area contributed by atoms with Crippen molar-refractivity contribution in [3.05, 3.63) is 103 Å². The Labute approximate surface area is 360 Å². The van der Waals surface area contributed by atoms with Gasteiger partial charge in [0.05, 0.1) is 51.2 Å². The highest BCUT2D eigenvalue weighted by Gasteiger charge is 2.68. The minimum Gasteiger partial charge on any atom is -0.367 e. The molecular formula is C37H33N9O12P2S2. The van der Waals surface area contributed by atoms with Crippen LogP contribution in [0.3, 0.4) is 0 Å². The van der Waals surface area contributed by atoms with Crippen molar-refractivity contribution in [3.8, 4) is 0 Å². The summed E-state index contributed by atoms with van der Waals surface area (Å²) in [7, 11) is 0. The molecule has 0 radical (unpaired) electrons. The second-order valence-corrected chi connectivity index (χ2v) is 20.8. The average molecular weight is 922 g/mol. The SMILES string of the molecule is O=C(Cc1ncnc2c1ncn2C1O[C@@]23CO[C@@H]1[C@@H]2OP(O)(=S)OC[C@@]12CO[C@@H]([C@H](n4cnc5c(NC(=O)c6ccccc6)ncnc54)O1)[C@@H]2OP(O)(=S)OC3)c1ccccc1. The number of nitrogens with zero attached hydrogens (tertiary/aromatic N) is 8. The van der Waals surface area contributed by atoms with Gasteiger partial charge in [0.1, 0.15) is 53.8 Å². The molecule has 1 amide bonds. The smallest absolute Gasteiger partial charge is 0.325 e. The standard InChI is InChI=1S/C37H33N9O12P2S2/c47-23(20-7-3-1-4-8-20)11-22-24-31(40-16-38-22)45(18-42-24)34-26-28-36(55-34,12-51-26)14-53-60(50,62)58-29-27-35(56-37(29,13-52-27)15-54-59(49,61)57-28)46-19-43-25-30(39-17-41-32(25)46)44-33(48)21-9-5-2-6-10-21/h1-10,16-19,26-29,34-35H,11-15H2,(H,49,61)(H,50,62)(H,39,41,44,48)/t26-,27-,28+,29+,34?,35-,36-,37-,59?,60?/m1/s1. The maximum absolute atomic E-state index is 13.1. The largest absolute Gasteiger partial charge is 0.367 e. The summed E-state index contributed by atoms with van der Waals surface area (Å²) in [5.41, 5.74) is -0.341. The lowest BCUT2D eigenvalue weighted by Crippen LogP contribution is -2.48. The van der Waals surface area contributed by atoms with Gasteiger partial charge in [-0.05, 0) is 35.7 Å². The Kier molecular flexibility index (Phi) is 9.83. The molecule has 25 heteroatoms. The summed E-state index contributed by atoms with van der Waals surface area (Å²) in [5, 5.41) is 2.78. The second-order valence-electron chi connectivity index (χ2n) is 15.2. The lowest BCUT2D eigenvalue weighted by Gasteiger charge is -2.36. The molecule has 4 bridgehead atoms. The van der Waals surface area contributed by atoms with Gasteiger partial charge in [0.2, 0.25) is 0 Å². The van der Waals surface area contributed by atoms with Gasteiger partial charge in [-0.1, -0.05) is 48.5 Å². The molecule has 4 aromatic heterocycles. The topological polar surface area (TPSA) is 248 Å². The fourth-order valence-corrected chi connectivity index (χ4v) is 11.4. The highest BCUT2D eigenvalue weighted by atomic mass is 32.5. The number of carbonyl (C=O) groups excluding carboxylic acids is 2. The molecule has 3 unspecified atom stereocenters. The van der Waals surface area contributed by atoms with E-state index in [4.69, 9.17) is 60.7 Å². The Bertz CT molecular complexity index is 2670. The second kappa shape index (κ2) is 15.1. The van der Waals surface area contributed by atoms with Crippen LogP contribution in [0.4, 0.5) is 5.82 Å². The summed E-state index contributed by atoms with van der Waals surface area (Å²) < 4.78 is 53.4. The molecule has 5 aliphatic heterocycles. The van der Waals surface area contributed by atoms with Crippen molar-refractivity contribution in [2.24, 2.45) is 0 Å². The Morgan fingerprint density at radius 1 is 0.694 bits per heavy atom. The third-order valence-electron chi connectivity index (χ3n) is 11.4. The maximum atomic E-state index is 13.1. The van der Waals surface area contributed by atoms with Crippen LogP contribution in [-0.4, -0.2) is 123 Å². The molecule has 21 nitrogen and oxygen atoms in total. The molecular weight excluding hydrogens is 889 g/mol. The van der Waals surface area contributed by atoms with E-state index in [1.165, 1.54) is 25.3 Å². The predicted octanol–water partition coefficient (Wildman–Crippen LogP) is 2.93. The van der Waals surface area contributed by atoms with Gasteiger partial charge in [0.15, 0.2) is 40.9 Å².